The second-order valence-electron chi connectivity index (χ2n) is 3.79. The number of ketones is 1. The van der Waals surface area contributed by atoms with Crippen LogP contribution in [0.4, 0.5) is 11.4 Å². The Labute approximate surface area is 114 Å². The van der Waals surface area contributed by atoms with Gasteiger partial charge in [-0.05, 0) is 36.4 Å². The van der Waals surface area contributed by atoms with Crippen LogP contribution in [0.5, 0.6) is 0 Å². The fourth-order valence-corrected chi connectivity index (χ4v) is 1.94. The summed E-state index contributed by atoms with van der Waals surface area (Å²) >= 11 is 11.7. The Kier molecular flexibility index (Phi) is 3.45. The van der Waals surface area contributed by atoms with E-state index in [1.54, 1.807) is 24.3 Å². The molecule has 2 aromatic carbocycles. The summed E-state index contributed by atoms with van der Waals surface area (Å²) in [7, 11) is 0. The minimum Gasteiger partial charge on any atom is -0.398 e. The van der Waals surface area contributed by atoms with Gasteiger partial charge in [0, 0.05) is 32.5 Å². The number of rotatable bonds is 2. The molecule has 3 nitrogen and oxygen atoms in total. The molecule has 0 radical (unpaired) electrons. The summed E-state index contributed by atoms with van der Waals surface area (Å²) in [5, 5.41) is 0.876. The predicted molar refractivity (Wildman–Crippen MR) is 75.2 cm³/mol. The largest absolute Gasteiger partial charge is 0.398 e. The van der Waals surface area contributed by atoms with Crippen LogP contribution in [0, 0.1) is 0 Å². The molecule has 0 saturated heterocycles. The molecule has 0 unspecified atom stereocenters. The minimum atomic E-state index is -0.296. The van der Waals surface area contributed by atoms with E-state index in [9.17, 15) is 4.79 Å². The van der Waals surface area contributed by atoms with E-state index in [1.807, 2.05) is 0 Å². The lowest BCUT2D eigenvalue weighted by Gasteiger charge is -2.08. The maximum absolute atomic E-state index is 12.3. The van der Waals surface area contributed by atoms with Crippen LogP contribution in [0.15, 0.2) is 36.4 Å². The molecule has 0 aliphatic carbocycles. The molecule has 0 aliphatic rings. The Bertz CT molecular complexity index is 573. The molecule has 0 heterocycles. The molecular weight excluding hydrogens is 271 g/mol. The summed E-state index contributed by atoms with van der Waals surface area (Å²) < 4.78 is 0. The summed E-state index contributed by atoms with van der Waals surface area (Å²) in [5.41, 5.74) is 12.9. The Morgan fingerprint density at radius 1 is 0.833 bits per heavy atom. The maximum Gasteiger partial charge on any atom is 0.197 e. The van der Waals surface area contributed by atoms with Gasteiger partial charge in [-0.1, -0.05) is 23.2 Å². The van der Waals surface area contributed by atoms with E-state index in [4.69, 9.17) is 34.7 Å². The number of hydrogen-bond donors (Lipinski definition) is 2. The Morgan fingerprint density at radius 3 is 1.61 bits per heavy atom. The standard InChI is InChI=1S/C13H10Cl2N2O/c14-7-1-3-11(16)9(5-7)13(18)10-6-8(15)2-4-12(10)17/h1-6H,16-17H2. The second kappa shape index (κ2) is 4.88. The first-order valence-electron chi connectivity index (χ1n) is 5.14. The van der Waals surface area contributed by atoms with Crippen LogP contribution in [0.25, 0.3) is 0 Å². The zero-order chi connectivity index (χ0) is 13.3. The number of benzene rings is 2. The molecule has 0 spiro atoms. The van der Waals surface area contributed by atoms with Crippen LogP contribution in [-0.2, 0) is 0 Å². The van der Waals surface area contributed by atoms with Crippen molar-refractivity contribution in [1.82, 2.24) is 0 Å². The first-order valence-corrected chi connectivity index (χ1v) is 5.89. The molecule has 4 N–H and O–H groups in total. The minimum absolute atomic E-state index is 0.296. The molecule has 0 aliphatic heterocycles. The predicted octanol–water partition coefficient (Wildman–Crippen LogP) is 3.39. The van der Waals surface area contributed by atoms with E-state index in [1.165, 1.54) is 12.1 Å². The van der Waals surface area contributed by atoms with Gasteiger partial charge in [-0.15, -0.1) is 0 Å². The molecule has 2 rings (SSSR count). The molecule has 0 fully saturated rings. The van der Waals surface area contributed by atoms with Gasteiger partial charge in [0.05, 0.1) is 0 Å². The van der Waals surface area contributed by atoms with E-state index < -0.39 is 0 Å². The molecule has 0 amide bonds. The lowest BCUT2D eigenvalue weighted by Crippen LogP contribution is -2.08. The van der Waals surface area contributed by atoms with Crippen LogP contribution in [0.1, 0.15) is 15.9 Å². The molecule has 92 valence electrons. The smallest absolute Gasteiger partial charge is 0.197 e. The number of hydrogen-bond acceptors (Lipinski definition) is 3. The molecule has 18 heavy (non-hydrogen) atoms. The van der Waals surface area contributed by atoms with Crippen LogP contribution in [-0.4, -0.2) is 5.78 Å². The Balaban J connectivity index is 2.54. The molecule has 0 bridgehead atoms. The normalized spacial score (nSPS) is 10.3. The highest BCUT2D eigenvalue weighted by Crippen LogP contribution is 2.25. The Hall–Kier alpha value is -1.71. The lowest BCUT2D eigenvalue weighted by molar-refractivity contribution is 0.104. The van der Waals surface area contributed by atoms with Crippen molar-refractivity contribution in [3.8, 4) is 0 Å². The van der Waals surface area contributed by atoms with Crippen molar-refractivity contribution in [3.05, 3.63) is 57.6 Å². The lowest BCUT2D eigenvalue weighted by atomic mass is 10.0. The second-order valence-corrected chi connectivity index (χ2v) is 4.67. The monoisotopic (exact) mass is 280 g/mol. The number of nitrogens with two attached hydrogens (primary N) is 2. The summed E-state index contributed by atoms with van der Waals surface area (Å²) in [6, 6.07) is 9.43. The van der Waals surface area contributed by atoms with Gasteiger partial charge in [0.2, 0.25) is 0 Å². The van der Waals surface area contributed by atoms with Crippen LogP contribution < -0.4 is 11.5 Å². The highest BCUT2D eigenvalue weighted by atomic mass is 35.5. The van der Waals surface area contributed by atoms with Gasteiger partial charge in [-0.25, -0.2) is 0 Å². The van der Waals surface area contributed by atoms with E-state index in [2.05, 4.69) is 0 Å². The molecule has 0 saturated carbocycles. The summed E-state index contributed by atoms with van der Waals surface area (Å²) in [5.74, 6) is -0.296. The SMILES string of the molecule is Nc1ccc(Cl)cc1C(=O)c1cc(Cl)ccc1N. The molecule has 0 aromatic heterocycles. The van der Waals surface area contributed by atoms with Crippen LogP contribution >= 0.6 is 23.2 Å². The van der Waals surface area contributed by atoms with Gasteiger partial charge in [0.15, 0.2) is 5.78 Å². The number of halogens is 2. The van der Waals surface area contributed by atoms with Crippen LogP contribution in [0.3, 0.4) is 0 Å². The Morgan fingerprint density at radius 2 is 1.22 bits per heavy atom. The van der Waals surface area contributed by atoms with Crippen molar-refractivity contribution in [1.29, 1.82) is 0 Å². The molecular formula is C13H10Cl2N2O. The van der Waals surface area contributed by atoms with Gasteiger partial charge in [0.25, 0.3) is 0 Å². The van der Waals surface area contributed by atoms with E-state index >= 15 is 0 Å². The zero-order valence-electron chi connectivity index (χ0n) is 9.28. The van der Waals surface area contributed by atoms with Crippen molar-refractivity contribution in [2.24, 2.45) is 0 Å². The summed E-state index contributed by atoms with van der Waals surface area (Å²) in [4.78, 5) is 12.3. The highest BCUT2D eigenvalue weighted by molar-refractivity contribution is 6.32. The van der Waals surface area contributed by atoms with Crippen molar-refractivity contribution in [3.63, 3.8) is 0 Å². The average Bonchev–Trinajstić information content (AvgIpc) is 2.34. The van der Waals surface area contributed by atoms with Crippen molar-refractivity contribution < 1.29 is 4.79 Å². The van der Waals surface area contributed by atoms with Gasteiger partial charge in [-0.2, -0.15) is 0 Å². The van der Waals surface area contributed by atoms with Gasteiger partial charge < -0.3 is 11.5 Å². The third-order valence-electron chi connectivity index (χ3n) is 2.52. The molecule has 2 aromatic rings. The number of carbonyl (C=O) groups excluding carboxylic acids is 1. The number of nitrogen functional groups attached to an aromatic ring is 2. The maximum atomic E-state index is 12.3. The summed E-state index contributed by atoms with van der Waals surface area (Å²) in [6.07, 6.45) is 0. The fraction of sp³-hybridized carbons (Fsp3) is 0. The van der Waals surface area contributed by atoms with Gasteiger partial charge >= 0.3 is 0 Å². The summed E-state index contributed by atoms with van der Waals surface area (Å²) in [6.45, 7) is 0. The van der Waals surface area contributed by atoms with E-state index in [0.29, 0.717) is 32.5 Å². The topological polar surface area (TPSA) is 69.1 Å². The first kappa shape index (κ1) is 12.7. The number of carbonyl (C=O) groups is 1. The molecule has 5 heteroatoms. The van der Waals surface area contributed by atoms with Crippen molar-refractivity contribution >= 4 is 40.4 Å². The quantitative estimate of drug-likeness (QED) is 0.654. The van der Waals surface area contributed by atoms with E-state index in [-0.39, 0.29) is 5.78 Å². The van der Waals surface area contributed by atoms with Gasteiger partial charge in [0.1, 0.15) is 0 Å². The first-order chi connectivity index (χ1) is 8.49. The zero-order valence-corrected chi connectivity index (χ0v) is 10.8. The number of anilines is 2. The van der Waals surface area contributed by atoms with Gasteiger partial charge in [-0.3, -0.25) is 4.79 Å². The van der Waals surface area contributed by atoms with Crippen LogP contribution in [0.2, 0.25) is 10.0 Å². The van der Waals surface area contributed by atoms with Crippen molar-refractivity contribution in [2.75, 3.05) is 11.5 Å². The highest BCUT2D eigenvalue weighted by Gasteiger charge is 2.16. The van der Waals surface area contributed by atoms with Crippen molar-refractivity contribution in [2.45, 2.75) is 0 Å². The fourth-order valence-electron chi connectivity index (χ4n) is 1.60. The van der Waals surface area contributed by atoms with E-state index in [0.717, 1.165) is 0 Å². The third kappa shape index (κ3) is 2.42. The average molecular weight is 281 g/mol. The molecule has 0 atom stereocenters. The third-order valence-corrected chi connectivity index (χ3v) is 2.99.